The standard InChI is InChI=1S/C25H32N4O5/c1-6-8-20-21(25(32)34-7-2)22(27-17(4)26-20)24(31)28-13-14-29(16(3)15-28)23(30)18-9-11-19(33-5)12-10-18/h9-12,16H,6-8,13-15H2,1-5H3. The lowest BCUT2D eigenvalue weighted by atomic mass is 10.0. The summed E-state index contributed by atoms with van der Waals surface area (Å²) in [6.07, 6.45) is 1.30. The van der Waals surface area contributed by atoms with Gasteiger partial charge in [-0.1, -0.05) is 13.3 Å². The Kier molecular flexibility index (Phi) is 8.20. The molecule has 2 aromatic rings. The number of amides is 2. The number of piperazine rings is 1. The maximum Gasteiger partial charge on any atom is 0.342 e. The zero-order valence-corrected chi connectivity index (χ0v) is 20.5. The summed E-state index contributed by atoms with van der Waals surface area (Å²) in [4.78, 5) is 51.4. The van der Waals surface area contributed by atoms with Gasteiger partial charge < -0.3 is 19.3 Å². The molecule has 2 heterocycles. The molecule has 0 N–H and O–H groups in total. The Bertz CT molecular complexity index is 1050. The normalized spacial score (nSPS) is 15.7. The van der Waals surface area contributed by atoms with Gasteiger partial charge in [-0.25, -0.2) is 14.8 Å². The zero-order valence-electron chi connectivity index (χ0n) is 20.5. The number of carbonyl (C=O) groups is 3. The first kappa shape index (κ1) is 25.1. The molecule has 9 heteroatoms. The number of esters is 1. The first-order chi connectivity index (χ1) is 16.3. The van der Waals surface area contributed by atoms with E-state index in [1.54, 1.807) is 55.0 Å². The van der Waals surface area contributed by atoms with Crippen molar-refractivity contribution in [1.82, 2.24) is 19.8 Å². The smallest absolute Gasteiger partial charge is 0.342 e. The molecule has 2 amide bonds. The summed E-state index contributed by atoms with van der Waals surface area (Å²) >= 11 is 0. The third-order valence-electron chi connectivity index (χ3n) is 5.78. The van der Waals surface area contributed by atoms with E-state index in [9.17, 15) is 14.4 Å². The number of nitrogens with zero attached hydrogens (tertiary/aromatic N) is 4. The van der Waals surface area contributed by atoms with Crippen molar-refractivity contribution in [2.45, 2.75) is 46.6 Å². The minimum Gasteiger partial charge on any atom is -0.497 e. The highest BCUT2D eigenvalue weighted by Crippen LogP contribution is 2.21. The maximum atomic E-state index is 13.5. The molecule has 1 atom stereocenters. The second-order valence-corrected chi connectivity index (χ2v) is 8.24. The van der Waals surface area contributed by atoms with Crippen LogP contribution in [0.3, 0.4) is 0 Å². The van der Waals surface area contributed by atoms with E-state index in [0.29, 0.717) is 48.9 Å². The van der Waals surface area contributed by atoms with Gasteiger partial charge in [0.05, 0.1) is 19.4 Å². The van der Waals surface area contributed by atoms with Crippen LogP contribution in [0.4, 0.5) is 0 Å². The summed E-state index contributed by atoms with van der Waals surface area (Å²) in [7, 11) is 1.58. The summed E-state index contributed by atoms with van der Waals surface area (Å²) in [6, 6.07) is 6.75. The van der Waals surface area contributed by atoms with Crippen molar-refractivity contribution in [2.24, 2.45) is 0 Å². The van der Waals surface area contributed by atoms with Crippen molar-refractivity contribution in [3.8, 4) is 5.75 Å². The molecular formula is C25H32N4O5. The number of aromatic nitrogens is 2. The van der Waals surface area contributed by atoms with Crippen LogP contribution in [0.2, 0.25) is 0 Å². The van der Waals surface area contributed by atoms with Gasteiger partial charge in [-0.3, -0.25) is 9.59 Å². The van der Waals surface area contributed by atoms with Gasteiger partial charge in [0, 0.05) is 31.2 Å². The lowest BCUT2D eigenvalue weighted by Gasteiger charge is -2.40. The summed E-state index contributed by atoms with van der Waals surface area (Å²) in [5.41, 5.74) is 1.30. The molecular weight excluding hydrogens is 436 g/mol. The van der Waals surface area contributed by atoms with E-state index in [4.69, 9.17) is 9.47 Å². The van der Waals surface area contributed by atoms with Crippen LogP contribution in [0, 0.1) is 6.92 Å². The predicted octanol–water partition coefficient (Wildman–Crippen LogP) is 2.91. The molecule has 1 aromatic heterocycles. The molecule has 1 aliphatic heterocycles. The lowest BCUT2D eigenvalue weighted by molar-refractivity contribution is 0.0405. The number of rotatable bonds is 7. The van der Waals surface area contributed by atoms with Gasteiger partial charge in [-0.15, -0.1) is 0 Å². The molecule has 1 unspecified atom stereocenters. The van der Waals surface area contributed by atoms with Gasteiger partial charge in [0.15, 0.2) is 0 Å². The van der Waals surface area contributed by atoms with Crippen LogP contribution < -0.4 is 4.74 Å². The maximum absolute atomic E-state index is 13.5. The van der Waals surface area contributed by atoms with E-state index < -0.39 is 5.97 Å². The van der Waals surface area contributed by atoms with Crippen molar-refractivity contribution >= 4 is 17.8 Å². The molecule has 1 saturated heterocycles. The highest BCUT2D eigenvalue weighted by Gasteiger charge is 2.34. The van der Waals surface area contributed by atoms with Crippen LogP contribution in [0.25, 0.3) is 0 Å². The molecule has 3 rings (SSSR count). The summed E-state index contributed by atoms with van der Waals surface area (Å²) in [5, 5.41) is 0. The minimum atomic E-state index is -0.587. The monoisotopic (exact) mass is 468 g/mol. The molecule has 9 nitrogen and oxygen atoms in total. The van der Waals surface area contributed by atoms with E-state index in [2.05, 4.69) is 9.97 Å². The summed E-state index contributed by atoms with van der Waals surface area (Å²) < 4.78 is 10.4. The van der Waals surface area contributed by atoms with Gasteiger partial charge in [0.25, 0.3) is 11.8 Å². The second kappa shape index (κ2) is 11.1. The topological polar surface area (TPSA) is 102 Å². The van der Waals surface area contributed by atoms with Crippen molar-refractivity contribution < 1.29 is 23.9 Å². The predicted molar refractivity (Wildman–Crippen MR) is 126 cm³/mol. The van der Waals surface area contributed by atoms with Crippen LogP contribution in [0.1, 0.15) is 69.9 Å². The van der Waals surface area contributed by atoms with Gasteiger partial charge in [-0.2, -0.15) is 0 Å². The fourth-order valence-electron chi connectivity index (χ4n) is 4.11. The average molecular weight is 469 g/mol. The molecule has 1 aliphatic rings. The number of benzene rings is 1. The van der Waals surface area contributed by atoms with Crippen LogP contribution in [0.15, 0.2) is 24.3 Å². The Labute approximate surface area is 200 Å². The molecule has 0 spiro atoms. The SMILES string of the molecule is CCCc1nc(C)nc(C(=O)N2CCN(C(=O)c3ccc(OC)cc3)C(C)C2)c1C(=O)OCC. The van der Waals surface area contributed by atoms with Gasteiger partial charge >= 0.3 is 5.97 Å². The lowest BCUT2D eigenvalue weighted by Crippen LogP contribution is -2.55. The quantitative estimate of drug-likeness (QED) is 0.576. The average Bonchev–Trinajstić information content (AvgIpc) is 2.83. The van der Waals surface area contributed by atoms with Gasteiger partial charge in [0.2, 0.25) is 0 Å². The first-order valence-electron chi connectivity index (χ1n) is 11.6. The van der Waals surface area contributed by atoms with Gasteiger partial charge in [-0.05, 0) is 51.5 Å². The molecule has 0 saturated carbocycles. The van der Waals surface area contributed by atoms with E-state index in [1.165, 1.54) is 0 Å². The second-order valence-electron chi connectivity index (χ2n) is 8.24. The van der Waals surface area contributed by atoms with E-state index in [0.717, 1.165) is 6.42 Å². The van der Waals surface area contributed by atoms with E-state index >= 15 is 0 Å². The van der Waals surface area contributed by atoms with E-state index in [1.807, 2.05) is 13.8 Å². The van der Waals surface area contributed by atoms with Crippen molar-refractivity contribution in [2.75, 3.05) is 33.4 Å². The number of methoxy groups -OCH3 is 1. The molecule has 0 radical (unpaired) electrons. The molecule has 34 heavy (non-hydrogen) atoms. The Hall–Kier alpha value is -3.49. The zero-order chi connectivity index (χ0) is 24.8. The summed E-state index contributed by atoms with van der Waals surface area (Å²) in [6.45, 7) is 8.53. The Morgan fingerprint density at radius 1 is 1.06 bits per heavy atom. The number of ether oxygens (including phenoxy) is 2. The minimum absolute atomic E-state index is 0.0662. The van der Waals surface area contributed by atoms with E-state index in [-0.39, 0.29) is 35.7 Å². The Morgan fingerprint density at radius 3 is 2.35 bits per heavy atom. The number of carbonyl (C=O) groups excluding carboxylic acids is 3. The Morgan fingerprint density at radius 2 is 1.76 bits per heavy atom. The molecule has 1 aromatic carbocycles. The highest BCUT2D eigenvalue weighted by molar-refractivity contribution is 6.04. The largest absolute Gasteiger partial charge is 0.497 e. The third-order valence-corrected chi connectivity index (χ3v) is 5.78. The summed E-state index contributed by atoms with van der Waals surface area (Å²) in [5.74, 6) is 0.0729. The third kappa shape index (κ3) is 5.35. The molecule has 0 bridgehead atoms. The van der Waals surface area contributed by atoms with Crippen LogP contribution >= 0.6 is 0 Å². The number of hydrogen-bond donors (Lipinski definition) is 0. The fraction of sp³-hybridized carbons (Fsp3) is 0.480. The Balaban J connectivity index is 1.82. The van der Waals surface area contributed by atoms with Crippen molar-refractivity contribution in [3.05, 3.63) is 52.6 Å². The first-order valence-corrected chi connectivity index (χ1v) is 11.6. The van der Waals surface area contributed by atoms with Crippen molar-refractivity contribution in [3.63, 3.8) is 0 Å². The van der Waals surface area contributed by atoms with Crippen LogP contribution in [-0.4, -0.2) is 76.9 Å². The van der Waals surface area contributed by atoms with Gasteiger partial charge in [0.1, 0.15) is 22.8 Å². The highest BCUT2D eigenvalue weighted by atomic mass is 16.5. The number of aryl methyl sites for hydroxylation is 2. The van der Waals surface area contributed by atoms with Crippen LogP contribution in [-0.2, 0) is 11.2 Å². The molecule has 182 valence electrons. The fourth-order valence-corrected chi connectivity index (χ4v) is 4.11. The number of hydrogen-bond acceptors (Lipinski definition) is 7. The molecule has 0 aliphatic carbocycles. The van der Waals surface area contributed by atoms with Crippen LogP contribution in [0.5, 0.6) is 5.75 Å². The van der Waals surface area contributed by atoms with Crippen molar-refractivity contribution in [1.29, 1.82) is 0 Å². The molecule has 1 fully saturated rings.